The van der Waals surface area contributed by atoms with Crippen molar-refractivity contribution in [3.8, 4) is 0 Å². The lowest BCUT2D eigenvalue weighted by atomic mass is 10.1. The Morgan fingerprint density at radius 1 is 1.18 bits per heavy atom. The van der Waals surface area contributed by atoms with Crippen molar-refractivity contribution in [3.05, 3.63) is 64.5 Å². The third-order valence-electron chi connectivity index (χ3n) is 3.31. The van der Waals surface area contributed by atoms with Gasteiger partial charge in [-0.3, -0.25) is 9.78 Å². The molecule has 5 heteroatoms. The number of pyridine rings is 1. The molecule has 0 aliphatic heterocycles. The number of amides is 1. The zero-order valence-corrected chi connectivity index (χ0v) is 12.8. The number of nitrogens with zero attached hydrogens (tertiary/aromatic N) is 1. The van der Waals surface area contributed by atoms with Crippen LogP contribution in [0.2, 0.25) is 0 Å². The van der Waals surface area contributed by atoms with Gasteiger partial charge in [0.1, 0.15) is 0 Å². The molecule has 0 unspecified atom stereocenters. The van der Waals surface area contributed by atoms with Gasteiger partial charge >= 0.3 is 5.97 Å². The lowest BCUT2D eigenvalue weighted by Crippen LogP contribution is -2.24. The molecule has 2 aromatic rings. The number of rotatable bonds is 4. The molecule has 1 aromatic carbocycles. The van der Waals surface area contributed by atoms with Gasteiger partial charge in [0.05, 0.1) is 24.9 Å². The fraction of sp³-hybridized carbons (Fsp3) is 0.235. The van der Waals surface area contributed by atoms with Gasteiger partial charge in [-0.05, 0) is 37.6 Å². The van der Waals surface area contributed by atoms with Crippen LogP contribution in [0.5, 0.6) is 0 Å². The van der Waals surface area contributed by atoms with Crippen LogP contribution in [0.3, 0.4) is 0 Å². The SMILES string of the molecule is COC(=O)c1ccnc(CNC(=O)c2cc(C)ccc2C)c1. The Morgan fingerprint density at radius 3 is 2.68 bits per heavy atom. The summed E-state index contributed by atoms with van der Waals surface area (Å²) in [5.74, 6) is -0.587. The molecule has 0 spiro atoms. The standard InChI is InChI=1S/C17H18N2O3/c1-11-4-5-12(2)15(8-11)16(20)19-10-14-9-13(6-7-18-14)17(21)22-3/h4-9H,10H2,1-3H3,(H,19,20). The second-order valence-corrected chi connectivity index (χ2v) is 5.03. The highest BCUT2D eigenvalue weighted by Crippen LogP contribution is 2.11. The summed E-state index contributed by atoms with van der Waals surface area (Å²) in [6.07, 6.45) is 1.52. The molecule has 0 bridgehead atoms. The van der Waals surface area contributed by atoms with E-state index in [0.29, 0.717) is 16.8 Å². The Labute approximate surface area is 129 Å². The second kappa shape index (κ2) is 6.85. The average molecular weight is 298 g/mol. The normalized spacial score (nSPS) is 10.1. The average Bonchev–Trinajstić information content (AvgIpc) is 2.54. The molecule has 22 heavy (non-hydrogen) atoms. The molecule has 1 aromatic heterocycles. The predicted octanol–water partition coefficient (Wildman–Crippen LogP) is 2.42. The van der Waals surface area contributed by atoms with Crippen molar-refractivity contribution < 1.29 is 14.3 Å². The minimum Gasteiger partial charge on any atom is -0.465 e. The first kappa shape index (κ1) is 15.7. The van der Waals surface area contributed by atoms with Gasteiger partial charge in [-0.25, -0.2) is 4.79 Å². The van der Waals surface area contributed by atoms with Gasteiger partial charge in [0, 0.05) is 11.8 Å². The number of esters is 1. The number of ether oxygens (including phenoxy) is 1. The van der Waals surface area contributed by atoms with E-state index in [1.54, 1.807) is 12.1 Å². The van der Waals surface area contributed by atoms with Gasteiger partial charge < -0.3 is 10.1 Å². The lowest BCUT2D eigenvalue weighted by Gasteiger charge is -2.09. The Kier molecular flexibility index (Phi) is 4.88. The highest BCUT2D eigenvalue weighted by molar-refractivity contribution is 5.95. The Hall–Kier alpha value is -2.69. The number of aryl methyl sites for hydroxylation is 2. The minimum atomic E-state index is -0.426. The summed E-state index contributed by atoms with van der Waals surface area (Å²) < 4.78 is 4.66. The molecule has 2 rings (SSSR count). The van der Waals surface area contributed by atoms with Gasteiger partial charge in [0.15, 0.2) is 0 Å². The molecule has 0 saturated carbocycles. The second-order valence-electron chi connectivity index (χ2n) is 5.03. The number of hydrogen-bond acceptors (Lipinski definition) is 4. The molecule has 0 radical (unpaired) electrons. The molecule has 0 atom stereocenters. The number of carbonyl (C=O) groups excluding carboxylic acids is 2. The highest BCUT2D eigenvalue weighted by atomic mass is 16.5. The summed E-state index contributed by atoms with van der Waals surface area (Å²) in [6, 6.07) is 8.91. The van der Waals surface area contributed by atoms with Crippen LogP contribution in [-0.4, -0.2) is 24.0 Å². The maximum atomic E-state index is 12.2. The number of nitrogens with one attached hydrogen (secondary N) is 1. The van der Waals surface area contributed by atoms with Crippen LogP contribution in [0.1, 0.15) is 37.5 Å². The van der Waals surface area contributed by atoms with Crippen LogP contribution in [0.4, 0.5) is 0 Å². The fourth-order valence-electron chi connectivity index (χ4n) is 2.07. The first-order valence-electron chi connectivity index (χ1n) is 6.90. The topological polar surface area (TPSA) is 68.3 Å². The molecule has 1 N–H and O–H groups in total. The Bertz CT molecular complexity index is 711. The molecule has 0 aliphatic rings. The number of aromatic nitrogens is 1. The van der Waals surface area contributed by atoms with Gasteiger partial charge in [-0.2, -0.15) is 0 Å². The van der Waals surface area contributed by atoms with Crippen molar-refractivity contribution in [1.82, 2.24) is 10.3 Å². The van der Waals surface area contributed by atoms with Crippen LogP contribution in [0.15, 0.2) is 36.5 Å². The molecule has 5 nitrogen and oxygen atoms in total. The van der Waals surface area contributed by atoms with E-state index in [4.69, 9.17) is 0 Å². The summed E-state index contributed by atoms with van der Waals surface area (Å²) in [5, 5.41) is 2.81. The van der Waals surface area contributed by atoms with Crippen molar-refractivity contribution in [1.29, 1.82) is 0 Å². The van der Waals surface area contributed by atoms with Crippen LogP contribution in [0.25, 0.3) is 0 Å². The van der Waals surface area contributed by atoms with Crippen molar-refractivity contribution >= 4 is 11.9 Å². The Morgan fingerprint density at radius 2 is 1.95 bits per heavy atom. The summed E-state index contributed by atoms with van der Waals surface area (Å²) in [5.41, 5.74) is 3.60. The molecular formula is C17H18N2O3. The summed E-state index contributed by atoms with van der Waals surface area (Å²) in [7, 11) is 1.32. The number of carbonyl (C=O) groups is 2. The van der Waals surface area contributed by atoms with Gasteiger partial charge in [-0.15, -0.1) is 0 Å². The zero-order chi connectivity index (χ0) is 16.1. The van der Waals surface area contributed by atoms with E-state index in [-0.39, 0.29) is 12.5 Å². The van der Waals surface area contributed by atoms with Crippen molar-refractivity contribution in [2.75, 3.05) is 7.11 Å². The highest BCUT2D eigenvalue weighted by Gasteiger charge is 2.10. The molecule has 0 fully saturated rings. The first-order valence-corrected chi connectivity index (χ1v) is 6.90. The number of methoxy groups -OCH3 is 1. The number of benzene rings is 1. The molecule has 1 heterocycles. The smallest absolute Gasteiger partial charge is 0.337 e. The minimum absolute atomic E-state index is 0.161. The van der Waals surface area contributed by atoms with E-state index >= 15 is 0 Å². The quantitative estimate of drug-likeness (QED) is 0.880. The van der Waals surface area contributed by atoms with Crippen LogP contribution in [0, 0.1) is 13.8 Å². The van der Waals surface area contributed by atoms with E-state index in [9.17, 15) is 9.59 Å². The van der Waals surface area contributed by atoms with Gasteiger partial charge in [0.25, 0.3) is 5.91 Å². The lowest BCUT2D eigenvalue weighted by molar-refractivity contribution is 0.0600. The van der Waals surface area contributed by atoms with Crippen molar-refractivity contribution in [2.45, 2.75) is 20.4 Å². The fourth-order valence-corrected chi connectivity index (χ4v) is 2.07. The number of hydrogen-bond donors (Lipinski definition) is 1. The summed E-state index contributed by atoms with van der Waals surface area (Å²) in [6.45, 7) is 4.08. The zero-order valence-electron chi connectivity index (χ0n) is 12.8. The van der Waals surface area contributed by atoms with Crippen LogP contribution < -0.4 is 5.32 Å². The predicted molar refractivity (Wildman–Crippen MR) is 82.7 cm³/mol. The van der Waals surface area contributed by atoms with Crippen molar-refractivity contribution in [3.63, 3.8) is 0 Å². The monoisotopic (exact) mass is 298 g/mol. The van der Waals surface area contributed by atoms with E-state index in [1.165, 1.54) is 13.3 Å². The molecule has 0 saturated heterocycles. The van der Waals surface area contributed by atoms with Gasteiger partial charge in [0.2, 0.25) is 0 Å². The van der Waals surface area contributed by atoms with E-state index in [1.807, 2.05) is 32.0 Å². The van der Waals surface area contributed by atoms with E-state index < -0.39 is 5.97 Å². The van der Waals surface area contributed by atoms with E-state index in [0.717, 1.165) is 11.1 Å². The van der Waals surface area contributed by atoms with Crippen LogP contribution >= 0.6 is 0 Å². The van der Waals surface area contributed by atoms with Crippen LogP contribution in [-0.2, 0) is 11.3 Å². The third-order valence-corrected chi connectivity index (χ3v) is 3.31. The largest absolute Gasteiger partial charge is 0.465 e. The van der Waals surface area contributed by atoms with Crippen molar-refractivity contribution in [2.24, 2.45) is 0 Å². The maximum Gasteiger partial charge on any atom is 0.337 e. The maximum absolute atomic E-state index is 12.2. The third kappa shape index (κ3) is 3.69. The first-order chi connectivity index (χ1) is 10.5. The molecule has 114 valence electrons. The molecule has 1 amide bonds. The summed E-state index contributed by atoms with van der Waals surface area (Å²) in [4.78, 5) is 27.8. The Balaban J connectivity index is 2.08. The molecule has 0 aliphatic carbocycles. The van der Waals surface area contributed by atoms with E-state index in [2.05, 4.69) is 15.0 Å². The van der Waals surface area contributed by atoms with Gasteiger partial charge in [-0.1, -0.05) is 17.7 Å². The molecular weight excluding hydrogens is 280 g/mol. The summed E-state index contributed by atoms with van der Waals surface area (Å²) >= 11 is 0.